The number of aryl methyl sites for hydroxylation is 1. The third-order valence-corrected chi connectivity index (χ3v) is 3.13. The van der Waals surface area contributed by atoms with E-state index in [2.05, 4.69) is 10.4 Å². The zero-order chi connectivity index (χ0) is 14.4. The number of nitrogens with zero attached hydrogens (tertiary/aromatic N) is 2. The van der Waals surface area contributed by atoms with Gasteiger partial charge in [0.15, 0.2) is 0 Å². The molecule has 0 fully saturated rings. The van der Waals surface area contributed by atoms with Crippen molar-refractivity contribution < 1.29 is 14.7 Å². The van der Waals surface area contributed by atoms with Gasteiger partial charge in [-0.05, 0) is 25.8 Å². The number of carboxylic acid groups (broad SMARTS) is 1. The van der Waals surface area contributed by atoms with E-state index in [9.17, 15) is 9.59 Å². The van der Waals surface area contributed by atoms with Crippen LogP contribution in [0.3, 0.4) is 0 Å². The van der Waals surface area contributed by atoms with Gasteiger partial charge in [-0.1, -0.05) is 13.3 Å². The minimum absolute atomic E-state index is 0.0170. The van der Waals surface area contributed by atoms with Gasteiger partial charge in [0.25, 0.3) is 5.91 Å². The third kappa shape index (κ3) is 4.73. The molecule has 0 saturated heterocycles. The van der Waals surface area contributed by atoms with Gasteiger partial charge >= 0.3 is 5.97 Å². The van der Waals surface area contributed by atoms with Gasteiger partial charge in [-0.25, -0.2) is 0 Å². The summed E-state index contributed by atoms with van der Waals surface area (Å²) in [6, 6.07) is 1.68. The zero-order valence-corrected chi connectivity index (χ0v) is 11.6. The third-order valence-electron chi connectivity index (χ3n) is 3.13. The van der Waals surface area contributed by atoms with Crippen LogP contribution in [0.5, 0.6) is 0 Å². The van der Waals surface area contributed by atoms with E-state index in [-0.39, 0.29) is 17.9 Å². The van der Waals surface area contributed by atoms with Crippen molar-refractivity contribution in [3.8, 4) is 0 Å². The molecule has 1 amide bonds. The maximum Gasteiger partial charge on any atom is 0.306 e. The van der Waals surface area contributed by atoms with E-state index >= 15 is 0 Å². The lowest BCUT2D eigenvalue weighted by molar-refractivity contribution is -0.141. The Morgan fingerprint density at radius 3 is 2.63 bits per heavy atom. The predicted molar refractivity (Wildman–Crippen MR) is 70.8 cm³/mol. The van der Waals surface area contributed by atoms with Crippen LogP contribution in [0.1, 0.15) is 43.6 Å². The Labute approximate surface area is 112 Å². The second-order valence-corrected chi connectivity index (χ2v) is 4.88. The molecule has 0 radical (unpaired) electrons. The largest absolute Gasteiger partial charge is 0.481 e. The fourth-order valence-electron chi connectivity index (χ4n) is 1.82. The Morgan fingerprint density at radius 2 is 2.11 bits per heavy atom. The lowest BCUT2D eigenvalue weighted by Crippen LogP contribution is -2.33. The molecule has 0 aromatic carbocycles. The molecule has 2 N–H and O–H groups in total. The van der Waals surface area contributed by atoms with Gasteiger partial charge in [0.2, 0.25) is 0 Å². The summed E-state index contributed by atoms with van der Waals surface area (Å²) in [5, 5.41) is 15.6. The van der Waals surface area contributed by atoms with E-state index in [0.717, 1.165) is 12.8 Å². The van der Waals surface area contributed by atoms with Crippen molar-refractivity contribution in [2.75, 3.05) is 0 Å². The Morgan fingerprint density at radius 1 is 1.42 bits per heavy atom. The van der Waals surface area contributed by atoms with Gasteiger partial charge in [0.1, 0.15) is 5.69 Å². The lowest BCUT2D eigenvalue weighted by Gasteiger charge is -2.14. The summed E-state index contributed by atoms with van der Waals surface area (Å²) in [5.74, 6) is -1.26. The molecule has 6 heteroatoms. The van der Waals surface area contributed by atoms with Gasteiger partial charge in [-0.2, -0.15) is 5.10 Å². The minimum Gasteiger partial charge on any atom is -0.481 e. The van der Waals surface area contributed by atoms with E-state index in [1.165, 1.54) is 4.68 Å². The number of nitrogens with one attached hydrogen (secondary N) is 1. The Balaban J connectivity index is 2.32. The average molecular weight is 267 g/mol. The number of carbonyl (C=O) groups is 2. The van der Waals surface area contributed by atoms with Crippen molar-refractivity contribution in [3.05, 3.63) is 18.0 Å². The van der Waals surface area contributed by atoms with Crippen LogP contribution in [-0.2, 0) is 11.8 Å². The molecule has 1 heterocycles. The van der Waals surface area contributed by atoms with Crippen LogP contribution in [-0.4, -0.2) is 32.8 Å². The predicted octanol–water partition coefficient (Wildman–Crippen LogP) is 1.43. The normalized spacial score (nSPS) is 13.8. The second-order valence-electron chi connectivity index (χ2n) is 4.88. The number of aliphatic carboxylic acids is 1. The zero-order valence-electron chi connectivity index (χ0n) is 11.6. The minimum atomic E-state index is -0.772. The molecule has 0 aliphatic heterocycles. The maximum atomic E-state index is 11.9. The van der Waals surface area contributed by atoms with E-state index < -0.39 is 5.97 Å². The Bertz CT molecular complexity index is 442. The molecule has 1 rings (SSSR count). The van der Waals surface area contributed by atoms with E-state index in [4.69, 9.17) is 5.11 Å². The molecule has 106 valence electrons. The van der Waals surface area contributed by atoms with Gasteiger partial charge in [0.05, 0.1) is 5.92 Å². The molecular formula is C13H21N3O3. The summed E-state index contributed by atoms with van der Waals surface area (Å²) in [5.41, 5.74) is 0.519. The summed E-state index contributed by atoms with van der Waals surface area (Å²) in [4.78, 5) is 22.5. The molecule has 6 nitrogen and oxygen atoms in total. The van der Waals surface area contributed by atoms with Gasteiger partial charge in [-0.3, -0.25) is 14.3 Å². The van der Waals surface area contributed by atoms with Crippen molar-refractivity contribution >= 4 is 11.9 Å². The summed E-state index contributed by atoms with van der Waals surface area (Å²) in [6.45, 7) is 3.61. The van der Waals surface area contributed by atoms with E-state index in [0.29, 0.717) is 12.1 Å². The van der Waals surface area contributed by atoms with Crippen LogP contribution in [0.4, 0.5) is 0 Å². The smallest absolute Gasteiger partial charge is 0.306 e. The SMILES string of the molecule is CC(CCCC(C)C(=O)O)NC(=O)c1ccnn1C. The molecule has 0 saturated carbocycles. The molecule has 19 heavy (non-hydrogen) atoms. The van der Waals surface area contributed by atoms with Crippen LogP contribution in [0.15, 0.2) is 12.3 Å². The number of rotatable bonds is 7. The van der Waals surface area contributed by atoms with Crippen molar-refractivity contribution in [1.82, 2.24) is 15.1 Å². The van der Waals surface area contributed by atoms with Crippen molar-refractivity contribution in [2.45, 2.75) is 39.2 Å². The highest BCUT2D eigenvalue weighted by atomic mass is 16.4. The summed E-state index contributed by atoms with van der Waals surface area (Å²) in [7, 11) is 1.72. The van der Waals surface area contributed by atoms with Crippen LogP contribution in [0.2, 0.25) is 0 Å². The fraction of sp³-hybridized carbons (Fsp3) is 0.615. The Kier molecular flexibility index (Phi) is 5.54. The van der Waals surface area contributed by atoms with Gasteiger partial charge in [-0.15, -0.1) is 0 Å². The van der Waals surface area contributed by atoms with Gasteiger partial charge in [0, 0.05) is 19.3 Å². The van der Waals surface area contributed by atoms with Crippen LogP contribution in [0.25, 0.3) is 0 Å². The van der Waals surface area contributed by atoms with Gasteiger partial charge < -0.3 is 10.4 Å². The highest BCUT2D eigenvalue weighted by Gasteiger charge is 2.14. The number of carboxylic acids is 1. The first-order valence-electron chi connectivity index (χ1n) is 6.43. The standard InChI is InChI=1S/C13H21N3O3/c1-9(13(18)19)5-4-6-10(2)15-12(17)11-7-8-14-16(11)3/h7-10H,4-6H2,1-3H3,(H,15,17)(H,18,19). The number of carbonyl (C=O) groups excluding carboxylic acids is 1. The summed E-state index contributed by atoms with van der Waals surface area (Å²) < 4.78 is 1.52. The number of amides is 1. The van der Waals surface area contributed by atoms with E-state index in [1.54, 1.807) is 26.2 Å². The monoisotopic (exact) mass is 267 g/mol. The molecule has 0 aliphatic carbocycles. The molecule has 1 aromatic rings. The van der Waals surface area contributed by atoms with Crippen LogP contribution >= 0.6 is 0 Å². The molecule has 0 bridgehead atoms. The van der Waals surface area contributed by atoms with Crippen molar-refractivity contribution in [1.29, 1.82) is 0 Å². The molecular weight excluding hydrogens is 246 g/mol. The topological polar surface area (TPSA) is 84.2 Å². The van der Waals surface area contributed by atoms with Crippen molar-refractivity contribution in [2.24, 2.45) is 13.0 Å². The molecule has 2 unspecified atom stereocenters. The lowest BCUT2D eigenvalue weighted by atomic mass is 10.0. The molecule has 1 aromatic heterocycles. The highest BCUT2D eigenvalue weighted by molar-refractivity contribution is 5.92. The van der Waals surface area contributed by atoms with Crippen LogP contribution < -0.4 is 5.32 Å². The van der Waals surface area contributed by atoms with E-state index in [1.807, 2.05) is 6.92 Å². The number of hydrogen-bond acceptors (Lipinski definition) is 3. The second kappa shape index (κ2) is 6.92. The summed E-state index contributed by atoms with van der Waals surface area (Å²) in [6.07, 6.45) is 3.75. The fourth-order valence-corrected chi connectivity index (χ4v) is 1.82. The first-order chi connectivity index (χ1) is 8.91. The number of aromatic nitrogens is 2. The summed E-state index contributed by atoms with van der Waals surface area (Å²) >= 11 is 0. The average Bonchev–Trinajstić information content (AvgIpc) is 2.75. The van der Waals surface area contributed by atoms with Crippen LogP contribution in [0, 0.1) is 5.92 Å². The molecule has 2 atom stereocenters. The molecule has 0 spiro atoms. The maximum absolute atomic E-state index is 11.9. The Hall–Kier alpha value is -1.85. The number of hydrogen-bond donors (Lipinski definition) is 2. The highest BCUT2D eigenvalue weighted by Crippen LogP contribution is 2.10. The quantitative estimate of drug-likeness (QED) is 0.782. The first-order valence-corrected chi connectivity index (χ1v) is 6.43. The van der Waals surface area contributed by atoms with Crippen molar-refractivity contribution in [3.63, 3.8) is 0 Å². The first kappa shape index (κ1) is 15.2. The molecule has 0 aliphatic rings.